The van der Waals surface area contributed by atoms with Gasteiger partial charge in [-0.2, -0.15) is 0 Å². The van der Waals surface area contributed by atoms with Crippen LogP contribution in [-0.4, -0.2) is 37.2 Å². The van der Waals surface area contributed by atoms with Crippen molar-refractivity contribution >= 4 is 17.9 Å². The number of carbonyl (C=O) groups excluding carboxylic acids is 3. The molecule has 0 N–H and O–H groups in total. The van der Waals surface area contributed by atoms with Crippen molar-refractivity contribution in [3.8, 4) is 0 Å². The van der Waals surface area contributed by atoms with Gasteiger partial charge in [0.1, 0.15) is 13.2 Å². The van der Waals surface area contributed by atoms with E-state index >= 15 is 0 Å². The van der Waals surface area contributed by atoms with Gasteiger partial charge in [0.25, 0.3) is 0 Å². The molecule has 0 amide bonds. The zero-order chi connectivity index (χ0) is 38.7. The van der Waals surface area contributed by atoms with Crippen molar-refractivity contribution in [1.82, 2.24) is 0 Å². The van der Waals surface area contributed by atoms with Crippen molar-refractivity contribution in [2.75, 3.05) is 13.2 Å². The van der Waals surface area contributed by atoms with Crippen LogP contribution in [0.5, 0.6) is 0 Å². The predicted molar refractivity (Wildman–Crippen MR) is 224 cm³/mol. The summed E-state index contributed by atoms with van der Waals surface area (Å²) in [7, 11) is 0. The quantitative estimate of drug-likeness (QED) is 0.0204. The summed E-state index contributed by atoms with van der Waals surface area (Å²) in [6, 6.07) is 0. The van der Waals surface area contributed by atoms with Crippen molar-refractivity contribution in [3.05, 3.63) is 36.5 Å². The molecule has 0 aromatic carbocycles. The standard InChI is InChI=1S/C47H84O6/c1-4-7-10-13-16-19-22-23-24-26-28-31-34-37-40-46(49)52-43-44(42-51-45(48)39-36-33-30-27-21-18-15-12-9-6-3)53-47(50)41-38-35-32-29-25-20-17-14-11-8-5-2/h14,17,20,24-26,44H,4-13,15-16,18-19,21-23,27-43H2,1-3H3/b17-14-,25-20-,26-24-. The maximum absolute atomic E-state index is 12.7. The molecule has 1 unspecified atom stereocenters. The van der Waals surface area contributed by atoms with E-state index in [2.05, 4.69) is 57.2 Å². The Morgan fingerprint density at radius 3 is 1.13 bits per heavy atom. The number of esters is 3. The minimum absolute atomic E-state index is 0.0859. The van der Waals surface area contributed by atoms with Gasteiger partial charge in [-0.25, -0.2) is 0 Å². The molecule has 6 heteroatoms. The summed E-state index contributed by atoms with van der Waals surface area (Å²) in [6.07, 6.45) is 47.0. The average molecular weight is 745 g/mol. The van der Waals surface area contributed by atoms with Crippen molar-refractivity contribution in [1.29, 1.82) is 0 Å². The van der Waals surface area contributed by atoms with E-state index < -0.39 is 6.10 Å². The van der Waals surface area contributed by atoms with Gasteiger partial charge in [0.05, 0.1) is 0 Å². The molecule has 0 aliphatic heterocycles. The Morgan fingerprint density at radius 2 is 0.698 bits per heavy atom. The normalized spacial score (nSPS) is 12.3. The molecular formula is C47H84O6. The zero-order valence-corrected chi connectivity index (χ0v) is 35.0. The lowest BCUT2D eigenvalue weighted by molar-refractivity contribution is -0.167. The minimum atomic E-state index is -0.785. The highest BCUT2D eigenvalue weighted by Gasteiger charge is 2.19. The fourth-order valence-electron chi connectivity index (χ4n) is 6.18. The van der Waals surface area contributed by atoms with Gasteiger partial charge in [-0.15, -0.1) is 0 Å². The van der Waals surface area contributed by atoms with E-state index in [1.165, 1.54) is 103 Å². The third kappa shape index (κ3) is 40.6. The van der Waals surface area contributed by atoms with Crippen LogP contribution in [0.3, 0.4) is 0 Å². The summed E-state index contributed by atoms with van der Waals surface area (Å²) >= 11 is 0. The van der Waals surface area contributed by atoms with Crippen molar-refractivity contribution in [3.63, 3.8) is 0 Å². The lowest BCUT2D eigenvalue weighted by atomic mass is 10.1. The van der Waals surface area contributed by atoms with E-state index in [0.717, 1.165) is 83.5 Å². The van der Waals surface area contributed by atoms with Crippen LogP contribution in [0.4, 0.5) is 0 Å². The van der Waals surface area contributed by atoms with E-state index in [0.29, 0.717) is 19.3 Å². The van der Waals surface area contributed by atoms with E-state index in [4.69, 9.17) is 14.2 Å². The molecular weight excluding hydrogens is 661 g/mol. The molecule has 6 nitrogen and oxygen atoms in total. The Morgan fingerprint density at radius 1 is 0.377 bits per heavy atom. The third-order valence-electron chi connectivity index (χ3n) is 9.65. The highest BCUT2D eigenvalue weighted by molar-refractivity contribution is 5.71. The molecule has 0 fully saturated rings. The summed E-state index contributed by atoms with van der Waals surface area (Å²) in [5.41, 5.74) is 0. The maximum atomic E-state index is 12.7. The van der Waals surface area contributed by atoms with Gasteiger partial charge >= 0.3 is 17.9 Å². The van der Waals surface area contributed by atoms with Gasteiger partial charge in [-0.05, 0) is 64.2 Å². The predicted octanol–water partition coefficient (Wildman–Crippen LogP) is 14.2. The summed E-state index contributed by atoms with van der Waals surface area (Å²) in [5.74, 6) is -0.932. The summed E-state index contributed by atoms with van der Waals surface area (Å²) < 4.78 is 16.6. The molecule has 53 heavy (non-hydrogen) atoms. The lowest BCUT2D eigenvalue weighted by Gasteiger charge is -2.18. The first kappa shape index (κ1) is 50.6. The average Bonchev–Trinajstić information content (AvgIpc) is 3.15. The summed E-state index contributed by atoms with van der Waals surface area (Å²) in [6.45, 7) is 6.52. The summed E-state index contributed by atoms with van der Waals surface area (Å²) in [5, 5.41) is 0. The van der Waals surface area contributed by atoms with Crippen LogP contribution in [0.25, 0.3) is 0 Å². The van der Waals surface area contributed by atoms with Gasteiger partial charge in [0.2, 0.25) is 0 Å². The topological polar surface area (TPSA) is 78.9 Å². The Balaban J connectivity index is 4.41. The van der Waals surface area contributed by atoms with Crippen LogP contribution in [0.15, 0.2) is 36.5 Å². The largest absolute Gasteiger partial charge is 0.462 e. The second-order valence-electron chi connectivity index (χ2n) is 15.0. The third-order valence-corrected chi connectivity index (χ3v) is 9.65. The second kappa shape index (κ2) is 42.4. The van der Waals surface area contributed by atoms with E-state index in [9.17, 15) is 14.4 Å². The van der Waals surface area contributed by atoms with Crippen LogP contribution in [0.1, 0.15) is 226 Å². The first-order chi connectivity index (χ1) is 26.0. The molecule has 0 rings (SSSR count). The monoisotopic (exact) mass is 745 g/mol. The first-order valence-electron chi connectivity index (χ1n) is 22.5. The Hall–Kier alpha value is -2.37. The van der Waals surface area contributed by atoms with Crippen LogP contribution >= 0.6 is 0 Å². The molecule has 0 saturated carbocycles. The van der Waals surface area contributed by atoms with Crippen LogP contribution < -0.4 is 0 Å². The first-order valence-corrected chi connectivity index (χ1v) is 22.5. The highest BCUT2D eigenvalue weighted by atomic mass is 16.6. The number of unbranched alkanes of at least 4 members (excludes halogenated alkanes) is 24. The van der Waals surface area contributed by atoms with Crippen LogP contribution in [-0.2, 0) is 28.6 Å². The van der Waals surface area contributed by atoms with Gasteiger partial charge in [0, 0.05) is 19.3 Å². The number of carbonyl (C=O) groups is 3. The van der Waals surface area contributed by atoms with Crippen molar-refractivity contribution in [2.45, 2.75) is 232 Å². The van der Waals surface area contributed by atoms with Gasteiger partial charge in [-0.1, -0.05) is 179 Å². The van der Waals surface area contributed by atoms with Crippen molar-refractivity contribution in [2.24, 2.45) is 0 Å². The van der Waals surface area contributed by atoms with Crippen LogP contribution in [0, 0.1) is 0 Å². The molecule has 0 aliphatic rings. The molecule has 0 bridgehead atoms. The Bertz CT molecular complexity index is 907. The maximum Gasteiger partial charge on any atom is 0.306 e. The molecule has 0 heterocycles. The highest BCUT2D eigenvalue weighted by Crippen LogP contribution is 2.13. The number of rotatable bonds is 40. The Labute approximate surface area is 327 Å². The van der Waals surface area contributed by atoms with Gasteiger partial charge in [-0.3, -0.25) is 14.4 Å². The van der Waals surface area contributed by atoms with Crippen LogP contribution in [0.2, 0.25) is 0 Å². The molecule has 0 radical (unpaired) electrons. The molecule has 0 aromatic rings. The minimum Gasteiger partial charge on any atom is -0.462 e. The molecule has 1 atom stereocenters. The van der Waals surface area contributed by atoms with Gasteiger partial charge < -0.3 is 14.2 Å². The molecule has 0 aromatic heterocycles. The van der Waals surface area contributed by atoms with E-state index in [1.807, 2.05) is 0 Å². The summed E-state index contributed by atoms with van der Waals surface area (Å²) in [4.78, 5) is 37.6. The van der Waals surface area contributed by atoms with E-state index in [1.54, 1.807) is 0 Å². The number of hydrogen-bond acceptors (Lipinski definition) is 6. The molecule has 308 valence electrons. The lowest BCUT2D eigenvalue weighted by Crippen LogP contribution is -2.30. The number of ether oxygens (including phenoxy) is 3. The molecule has 0 aliphatic carbocycles. The smallest absolute Gasteiger partial charge is 0.306 e. The zero-order valence-electron chi connectivity index (χ0n) is 35.0. The van der Waals surface area contributed by atoms with E-state index in [-0.39, 0.29) is 31.1 Å². The number of hydrogen-bond donors (Lipinski definition) is 0. The van der Waals surface area contributed by atoms with Gasteiger partial charge in [0.15, 0.2) is 6.10 Å². The Kier molecular flexibility index (Phi) is 40.5. The fourth-order valence-corrected chi connectivity index (χ4v) is 6.18. The SMILES string of the molecule is CCCC/C=C\C=C/CCCCCC(=O)OC(COC(=O)CCCCC/C=C\CCCCCCCCC)COC(=O)CCCCCCCCCCCC. The molecule has 0 saturated heterocycles. The van der Waals surface area contributed by atoms with Crippen molar-refractivity contribution < 1.29 is 28.6 Å². The molecule has 0 spiro atoms. The fraction of sp³-hybridized carbons (Fsp3) is 0.809. The second-order valence-corrected chi connectivity index (χ2v) is 15.0. The number of allylic oxidation sites excluding steroid dienone is 6.